The minimum Gasteiger partial charge on any atom is -0.550 e. The molecule has 10 nitrogen and oxygen atoms in total. The first-order chi connectivity index (χ1) is 40.6. The number of aliphatic carboxylic acids is 2. The molecule has 0 aromatic heterocycles. The number of likely N-dealkylation sites (N-methyl/N-ethyl adjacent to an activating group) is 2. The fourth-order valence-electron chi connectivity index (χ4n) is 12.1. The highest BCUT2D eigenvalue weighted by Gasteiger charge is 2.26. The van der Waals surface area contributed by atoms with Crippen LogP contribution in [-0.2, 0) is 28.7 Å². The van der Waals surface area contributed by atoms with Crippen LogP contribution in [0.2, 0.25) is 0 Å². The molecule has 0 aliphatic rings. The average Bonchev–Trinajstić information content (AvgIpc) is 3.46. The summed E-state index contributed by atoms with van der Waals surface area (Å²) >= 11 is 0. The van der Waals surface area contributed by atoms with Gasteiger partial charge in [0.1, 0.15) is 19.6 Å². The van der Waals surface area contributed by atoms with E-state index in [-0.39, 0.29) is 41.6 Å². The monoisotopic (exact) mass is 1190 g/mol. The largest absolute Gasteiger partial charge is 0.550 e. The van der Waals surface area contributed by atoms with Crippen molar-refractivity contribution in [3.8, 4) is 0 Å². The van der Waals surface area contributed by atoms with E-state index < -0.39 is 11.9 Å². The zero-order valence-electron chi connectivity index (χ0n) is 57.7. The highest BCUT2D eigenvalue weighted by molar-refractivity contribution is 5.70. The third kappa shape index (κ3) is 67.3. The first-order valence-electron chi connectivity index (χ1n) is 37.0. The maximum Gasteiger partial charge on any atom is 0.306 e. The van der Waals surface area contributed by atoms with Gasteiger partial charge in [0.05, 0.1) is 40.7 Å². The molecule has 0 saturated heterocycles. The molecule has 0 aromatic carbocycles. The van der Waals surface area contributed by atoms with Gasteiger partial charge in [-0.05, 0) is 44.9 Å². The van der Waals surface area contributed by atoms with Gasteiger partial charge in [-0.1, -0.05) is 323 Å². The molecule has 0 saturated carbocycles. The number of nitrogens with zero attached hydrogens (tertiary/aromatic N) is 2. The molecule has 0 heterocycles. The van der Waals surface area contributed by atoms with Crippen LogP contribution in [0.4, 0.5) is 0 Å². The van der Waals surface area contributed by atoms with E-state index in [0.717, 1.165) is 70.9 Å². The van der Waals surface area contributed by atoms with Gasteiger partial charge in [0.2, 0.25) is 0 Å². The lowest BCUT2D eigenvalue weighted by Gasteiger charge is -2.33. The van der Waals surface area contributed by atoms with Crippen LogP contribution in [0.15, 0.2) is 0 Å². The molecule has 500 valence electrons. The Morgan fingerprint density at radius 2 is 0.512 bits per heavy atom. The molecule has 0 radical (unpaired) electrons. The van der Waals surface area contributed by atoms with E-state index in [4.69, 9.17) is 9.47 Å². The lowest BCUT2D eigenvalue weighted by Crippen LogP contribution is -2.52. The summed E-state index contributed by atoms with van der Waals surface area (Å²) < 4.78 is 12.9. The van der Waals surface area contributed by atoms with Crippen molar-refractivity contribution >= 4 is 23.9 Å². The Hall–Kier alpha value is -2.20. The Labute approximate surface area is 523 Å². The quantitative estimate of drug-likeness (QED) is 0.0334. The van der Waals surface area contributed by atoms with Gasteiger partial charge in [0.15, 0.2) is 12.2 Å². The molecule has 10 heteroatoms. The number of carbonyl (C=O) groups excluding carboxylic acids is 4. The molecule has 0 spiro atoms. The minimum atomic E-state index is -1.06. The molecule has 0 bridgehead atoms. The molecular formula is C74H146N2O8. The number of carboxylic acid groups (broad SMARTS) is 2. The van der Waals surface area contributed by atoms with Gasteiger partial charge >= 0.3 is 11.9 Å². The molecule has 84 heavy (non-hydrogen) atoms. The maximum atomic E-state index is 12.7. The fourth-order valence-corrected chi connectivity index (χ4v) is 12.1. The van der Waals surface area contributed by atoms with E-state index in [1.54, 1.807) is 0 Å². The zero-order chi connectivity index (χ0) is 62.3. The third-order valence-electron chi connectivity index (χ3n) is 17.4. The molecule has 0 amide bonds. The number of rotatable bonds is 66. The molecular weight excluding hydrogens is 1040 g/mol. The van der Waals surface area contributed by atoms with Crippen molar-refractivity contribution in [2.45, 2.75) is 399 Å². The Morgan fingerprint density at radius 1 is 0.286 bits per heavy atom. The van der Waals surface area contributed by atoms with Crippen LogP contribution in [0.1, 0.15) is 387 Å². The average molecular weight is 1190 g/mol. The van der Waals surface area contributed by atoms with Crippen LogP contribution in [0.25, 0.3) is 0 Å². The number of esters is 2. The summed E-state index contributed by atoms with van der Waals surface area (Å²) in [6.45, 7) is 11.0. The van der Waals surface area contributed by atoms with Gasteiger partial charge in [0, 0.05) is 25.2 Å². The second-order valence-corrected chi connectivity index (χ2v) is 27.5. The topological polar surface area (TPSA) is 133 Å². The van der Waals surface area contributed by atoms with Crippen molar-refractivity contribution < 1.29 is 47.8 Å². The predicted octanol–water partition coefficient (Wildman–Crippen LogP) is 19.4. The molecule has 0 aliphatic heterocycles. The van der Waals surface area contributed by atoms with Gasteiger partial charge in [0.25, 0.3) is 0 Å². The first kappa shape index (κ1) is 83.9. The summed E-state index contributed by atoms with van der Waals surface area (Å²) in [4.78, 5) is 47.4. The molecule has 0 aliphatic carbocycles. The SMILES string of the molecule is CCCCCCCCCCCCCCCC(=O)OC(CCCCCCCCCCCCCC)C[N+](C)(C)CC(=O)[O-].CCCCCCCCCCCCCCCC(=O)OC(CCCCCCCCCCCCCC)C[N+](C)(C)CCCC(=O)[O-]. The van der Waals surface area contributed by atoms with E-state index in [0.29, 0.717) is 30.3 Å². The van der Waals surface area contributed by atoms with Crippen molar-refractivity contribution in [2.75, 3.05) is 54.4 Å². The number of carbonyl (C=O) groups is 4. The van der Waals surface area contributed by atoms with E-state index in [9.17, 15) is 29.4 Å². The summed E-state index contributed by atoms with van der Waals surface area (Å²) in [5, 5.41) is 22.1. The van der Waals surface area contributed by atoms with Crippen LogP contribution in [0, 0.1) is 0 Å². The van der Waals surface area contributed by atoms with Gasteiger partial charge < -0.3 is 38.2 Å². The summed E-state index contributed by atoms with van der Waals surface area (Å²) in [6, 6.07) is 0. The Kier molecular flexibility index (Phi) is 63.7. The van der Waals surface area contributed by atoms with Crippen molar-refractivity contribution in [1.29, 1.82) is 0 Å². The molecule has 2 unspecified atom stereocenters. The molecule has 0 N–H and O–H groups in total. The zero-order valence-corrected chi connectivity index (χ0v) is 57.7. The van der Waals surface area contributed by atoms with Crippen molar-refractivity contribution in [1.82, 2.24) is 0 Å². The standard InChI is InChI=1S/C38H75NO4.C36H71NO4/c1-5-7-9-11-13-15-17-19-21-23-25-27-29-33-38(42)43-36(35-39(3,4)34-30-32-37(40)41)31-28-26-24-22-20-18-16-14-12-10-8-6-2;1-5-7-9-11-13-15-17-19-21-23-25-27-29-31-36(40)41-34(32-37(3,4)33-35(38)39)30-28-26-24-22-20-18-16-14-12-10-8-6-2/h36H,5-35H2,1-4H3;34H,5-33H2,1-4H3. The number of ether oxygens (including phenoxy) is 2. The van der Waals surface area contributed by atoms with Crippen LogP contribution in [0.3, 0.4) is 0 Å². The van der Waals surface area contributed by atoms with E-state index >= 15 is 0 Å². The summed E-state index contributed by atoms with van der Waals surface area (Å²) in [5.74, 6) is -2.22. The second-order valence-electron chi connectivity index (χ2n) is 27.5. The van der Waals surface area contributed by atoms with Gasteiger partial charge in [-0.25, -0.2) is 0 Å². The number of hydrogen-bond donors (Lipinski definition) is 0. The van der Waals surface area contributed by atoms with Crippen molar-refractivity contribution in [2.24, 2.45) is 0 Å². The van der Waals surface area contributed by atoms with E-state index in [2.05, 4.69) is 41.8 Å². The highest BCUT2D eigenvalue weighted by Crippen LogP contribution is 2.21. The summed E-state index contributed by atoms with van der Waals surface area (Å²) in [7, 11) is 7.99. The van der Waals surface area contributed by atoms with Crippen LogP contribution in [0.5, 0.6) is 0 Å². The normalized spacial score (nSPS) is 12.5. The number of carboxylic acids is 2. The number of unbranched alkanes of at least 4 members (excludes halogenated alkanes) is 46. The third-order valence-corrected chi connectivity index (χ3v) is 17.4. The van der Waals surface area contributed by atoms with Crippen molar-refractivity contribution in [3.05, 3.63) is 0 Å². The highest BCUT2D eigenvalue weighted by atomic mass is 16.5. The lowest BCUT2D eigenvalue weighted by atomic mass is 10.0. The summed E-state index contributed by atoms with van der Waals surface area (Å²) in [5.41, 5.74) is 0. The van der Waals surface area contributed by atoms with Crippen LogP contribution < -0.4 is 10.2 Å². The predicted molar refractivity (Wildman–Crippen MR) is 355 cm³/mol. The van der Waals surface area contributed by atoms with E-state index in [1.807, 2.05) is 14.1 Å². The molecule has 0 aromatic rings. The fraction of sp³-hybridized carbons (Fsp3) is 0.946. The Bertz CT molecular complexity index is 1420. The van der Waals surface area contributed by atoms with Gasteiger partial charge in [-0.15, -0.1) is 0 Å². The molecule has 0 rings (SSSR count). The molecule has 0 fully saturated rings. The second kappa shape index (κ2) is 63.8. The molecule has 2 atom stereocenters. The smallest absolute Gasteiger partial charge is 0.306 e. The summed E-state index contributed by atoms with van der Waals surface area (Å²) in [6.07, 6.45) is 68.1. The van der Waals surface area contributed by atoms with Crippen LogP contribution >= 0.6 is 0 Å². The lowest BCUT2D eigenvalue weighted by molar-refractivity contribution is -0.893. The van der Waals surface area contributed by atoms with E-state index in [1.165, 1.54) is 276 Å². The first-order valence-corrected chi connectivity index (χ1v) is 37.0. The maximum absolute atomic E-state index is 12.7. The Morgan fingerprint density at radius 3 is 0.750 bits per heavy atom. The Balaban J connectivity index is 0. The van der Waals surface area contributed by atoms with Crippen molar-refractivity contribution in [3.63, 3.8) is 0 Å². The number of quaternary nitrogens is 2. The minimum absolute atomic E-state index is 0.0539. The van der Waals surface area contributed by atoms with Gasteiger partial charge in [-0.3, -0.25) is 9.59 Å². The van der Waals surface area contributed by atoms with Crippen LogP contribution in [-0.4, -0.2) is 99.4 Å². The van der Waals surface area contributed by atoms with Gasteiger partial charge in [-0.2, -0.15) is 0 Å². The number of hydrogen-bond acceptors (Lipinski definition) is 8.